The van der Waals surface area contributed by atoms with Crippen LogP contribution in [0.3, 0.4) is 0 Å². The third-order valence-electron chi connectivity index (χ3n) is 7.34. The van der Waals surface area contributed by atoms with E-state index < -0.39 is 18.2 Å². The molecular formula is C31H26F4N6O3S. The van der Waals surface area contributed by atoms with Gasteiger partial charge in [-0.25, -0.2) is 18.9 Å². The Morgan fingerprint density at radius 1 is 1.09 bits per heavy atom. The summed E-state index contributed by atoms with van der Waals surface area (Å²) in [5.74, 6) is -0.342. The Morgan fingerprint density at radius 2 is 1.82 bits per heavy atom. The van der Waals surface area contributed by atoms with Crippen molar-refractivity contribution in [1.29, 1.82) is 0 Å². The molecule has 9 nitrogen and oxygen atoms in total. The fourth-order valence-electron chi connectivity index (χ4n) is 5.07. The van der Waals surface area contributed by atoms with E-state index in [2.05, 4.69) is 25.1 Å². The molecule has 0 radical (unpaired) electrons. The van der Waals surface area contributed by atoms with Crippen LogP contribution in [0.1, 0.15) is 43.2 Å². The minimum absolute atomic E-state index is 0.0446. The maximum absolute atomic E-state index is 13.9. The van der Waals surface area contributed by atoms with Crippen LogP contribution in [0.25, 0.3) is 17.1 Å². The number of urea groups is 1. The molecule has 2 aliphatic rings. The molecule has 232 valence electrons. The summed E-state index contributed by atoms with van der Waals surface area (Å²) < 4.78 is 56.5. The first-order chi connectivity index (χ1) is 21.4. The van der Waals surface area contributed by atoms with E-state index in [1.54, 1.807) is 0 Å². The Labute approximate surface area is 259 Å². The molecule has 1 aliphatic carbocycles. The molecule has 3 amide bonds. The van der Waals surface area contributed by atoms with E-state index in [0.29, 0.717) is 22.8 Å². The molecule has 6 rings (SSSR count). The number of ether oxygens (including phenoxy) is 1. The largest absolute Gasteiger partial charge is 0.573 e. The van der Waals surface area contributed by atoms with Gasteiger partial charge >= 0.3 is 12.4 Å². The second kappa shape index (κ2) is 12.0. The molecule has 1 N–H and O–H groups in total. The molecule has 45 heavy (non-hydrogen) atoms. The highest BCUT2D eigenvalue weighted by Gasteiger charge is 2.40. The zero-order valence-electron chi connectivity index (χ0n) is 24.0. The number of amides is 3. The third kappa shape index (κ3) is 6.85. The number of rotatable bonds is 7. The number of hydrogen-bond acceptors (Lipinski definition) is 6. The summed E-state index contributed by atoms with van der Waals surface area (Å²) in [7, 11) is 0. The lowest BCUT2D eigenvalue weighted by molar-refractivity contribution is -0.274. The number of carbonyl (C=O) groups is 2. The lowest BCUT2D eigenvalue weighted by Gasteiger charge is -2.21. The van der Waals surface area contributed by atoms with E-state index in [0.717, 1.165) is 29.3 Å². The molecule has 1 saturated carbocycles. The van der Waals surface area contributed by atoms with Crippen LogP contribution in [0, 0.1) is 5.82 Å². The summed E-state index contributed by atoms with van der Waals surface area (Å²) >= 11 is 1.16. The summed E-state index contributed by atoms with van der Waals surface area (Å²) in [6.45, 7) is 3.81. The normalized spacial score (nSPS) is 19.0. The van der Waals surface area contributed by atoms with Gasteiger partial charge in [0.2, 0.25) is 5.91 Å². The number of aliphatic imine (C=N–C) groups is 1. The van der Waals surface area contributed by atoms with Crippen molar-refractivity contribution in [2.75, 3.05) is 10.7 Å². The van der Waals surface area contributed by atoms with Crippen LogP contribution in [0.2, 0.25) is 0 Å². The molecule has 0 bridgehead atoms. The zero-order chi connectivity index (χ0) is 31.9. The van der Waals surface area contributed by atoms with Crippen LogP contribution in [-0.2, 0) is 4.79 Å². The molecule has 1 saturated heterocycles. The minimum Gasteiger partial charge on any atom is -0.406 e. The zero-order valence-corrected chi connectivity index (χ0v) is 24.8. The fraction of sp³-hybridized carbons (Fsp3) is 0.258. The topological polar surface area (TPSA) is 102 Å². The number of nitrogens with zero attached hydrogens (tertiary/aromatic N) is 5. The lowest BCUT2D eigenvalue weighted by atomic mass is 10.0. The van der Waals surface area contributed by atoms with Crippen molar-refractivity contribution in [3.63, 3.8) is 0 Å². The summed E-state index contributed by atoms with van der Waals surface area (Å²) in [5, 5.41) is 7.59. The summed E-state index contributed by atoms with van der Waals surface area (Å²) in [5.41, 5.74) is 3.44. The number of anilines is 1. The van der Waals surface area contributed by atoms with Gasteiger partial charge < -0.3 is 10.1 Å². The van der Waals surface area contributed by atoms with E-state index in [4.69, 9.17) is 0 Å². The molecule has 3 aromatic carbocycles. The van der Waals surface area contributed by atoms with Gasteiger partial charge in [0, 0.05) is 17.5 Å². The Balaban J connectivity index is 1.08. The van der Waals surface area contributed by atoms with Gasteiger partial charge in [-0.15, -0.1) is 18.3 Å². The Hall–Kier alpha value is -4.72. The second-order valence-electron chi connectivity index (χ2n) is 10.8. The first-order valence-corrected chi connectivity index (χ1v) is 15.0. The highest BCUT2D eigenvalue weighted by Crippen LogP contribution is 2.41. The number of carbonyl (C=O) groups excluding carboxylic acids is 2. The highest BCUT2D eigenvalue weighted by atomic mass is 32.2. The smallest absolute Gasteiger partial charge is 0.406 e. The number of halogens is 4. The Morgan fingerprint density at radius 3 is 2.51 bits per heavy atom. The standard InChI is InChI=1S/C31H26F4N6O3S/c1-17(2)23-13-20(32)7-12-26(23)41-27(42)15-45-30(41)38-29(43)37-25-14-24(25)18-3-5-19(6-4-18)28-36-16-40(39-28)21-8-10-22(11-9-21)44-31(33,34)35/h3-13,16-17,24-25H,14-15H2,1-2H3,(H,37,43). The molecule has 2 atom stereocenters. The molecular weight excluding hydrogens is 612 g/mol. The van der Waals surface area contributed by atoms with Crippen LogP contribution in [0.15, 0.2) is 78.0 Å². The predicted molar refractivity (Wildman–Crippen MR) is 161 cm³/mol. The van der Waals surface area contributed by atoms with Crippen LogP contribution in [0.5, 0.6) is 5.75 Å². The van der Waals surface area contributed by atoms with E-state index in [1.165, 1.54) is 58.4 Å². The number of alkyl halides is 3. The van der Waals surface area contributed by atoms with Gasteiger partial charge in [-0.1, -0.05) is 49.9 Å². The average molecular weight is 639 g/mol. The molecule has 2 unspecified atom stereocenters. The van der Waals surface area contributed by atoms with Gasteiger partial charge in [0.1, 0.15) is 17.9 Å². The van der Waals surface area contributed by atoms with Crippen molar-refractivity contribution < 1.29 is 31.9 Å². The van der Waals surface area contributed by atoms with Crippen LogP contribution in [0.4, 0.5) is 28.0 Å². The monoisotopic (exact) mass is 638 g/mol. The van der Waals surface area contributed by atoms with Gasteiger partial charge in [0.15, 0.2) is 11.0 Å². The molecule has 2 fully saturated rings. The van der Waals surface area contributed by atoms with Gasteiger partial charge in [0.25, 0.3) is 0 Å². The SMILES string of the molecule is CC(C)c1cc(F)ccc1N1C(=O)CSC1=NC(=O)NC1CC1c1ccc(-c2ncn(-c3ccc(OC(F)(F)F)cc3)n2)cc1. The first-order valence-electron chi connectivity index (χ1n) is 14.0. The van der Waals surface area contributed by atoms with Crippen LogP contribution >= 0.6 is 11.8 Å². The lowest BCUT2D eigenvalue weighted by Crippen LogP contribution is -2.32. The second-order valence-corrected chi connectivity index (χ2v) is 11.8. The number of nitrogens with one attached hydrogen (secondary N) is 1. The number of hydrogen-bond donors (Lipinski definition) is 1. The van der Waals surface area contributed by atoms with Crippen LogP contribution in [-0.4, -0.2) is 50.0 Å². The van der Waals surface area contributed by atoms with Gasteiger partial charge in [-0.05, 0) is 65.9 Å². The van der Waals surface area contributed by atoms with Gasteiger partial charge in [0.05, 0.1) is 17.1 Å². The van der Waals surface area contributed by atoms with E-state index >= 15 is 0 Å². The maximum atomic E-state index is 13.9. The Kier molecular flexibility index (Phi) is 8.08. The van der Waals surface area contributed by atoms with Crippen molar-refractivity contribution >= 4 is 34.6 Å². The van der Waals surface area contributed by atoms with Crippen molar-refractivity contribution in [3.8, 4) is 22.8 Å². The van der Waals surface area contributed by atoms with Crippen molar-refractivity contribution in [1.82, 2.24) is 20.1 Å². The molecule has 4 aromatic rings. The molecule has 1 aliphatic heterocycles. The minimum atomic E-state index is -4.77. The maximum Gasteiger partial charge on any atom is 0.573 e. The van der Waals surface area contributed by atoms with E-state index in [1.807, 2.05) is 38.1 Å². The van der Waals surface area contributed by atoms with Crippen LogP contribution < -0.4 is 15.0 Å². The first kappa shape index (κ1) is 30.3. The van der Waals surface area contributed by atoms with Crippen molar-refractivity contribution in [2.24, 2.45) is 4.99 Å². The predicted octanol–water partition coefficient (Wildman–Crippen LogP) is 6.80. The summed E-state index contributed by atoms with van der Waals surface area (Å²) in [4.78, 5) is 35.4. The fourth-order valence-corrected chi connectivity index (χ4v) is 5.93. The summed E-state index contributed by atoms with van der Waals surface area (Å²) in [6, 6.07) is 16.4. The van der Waals surface area contributed by atoms with Crippen molar-refractivity contribution in [2.45, 2.75) is 44.5 Å². The van der Waals surface area contributed by atoms with E-state index in [-0.39, 0.29) is 40.5 Å². The molecule has 0 spiro atoms. The number of benzene rings is 3. The number of aromatic nitrogens is 3. The quantitative estimate of drug-likeness (QED) is 0.224. The number of amidine groups is 1. The number of thioether (sulfide) groups is 1. The molecule has 1 aromatic heterocycles. The molecule has 2 heterocycles. The third-order valence-corrected chi connectivity index (χ3v) is 8.26. The van der Waals surface area contributed by atoms with Gasteiger partial charge in [-0.3, -0.25) is 9.69 Å². The van der Waals surface area contributed by atoms with E-state index in [9.17, 15) is 27.2 Å². The molecule has 14 heteroatoms. The average Bonchev–Trinajstić information content (AvgIpc) is 3.39. The van der Waals surface area contributed by atoms with Gasteiger partial charge in [-0.2, -0.15) is 4.99 Å². The van der Waals surface area contributed by atoms with Crippen molar-refractivity contribution in [3.05, 3.63) is 90.0 Å². The Bertz CT molecular complexity index is 1770. The summed E-state index contributed by atoms with van der Waals surface area (Å²) in [6.07, 6.45) is -2.58. The highest BCUT2D eigenvalue weighted by molar-refractivity contribution is 8.15.